The molecule has 0 bridgehead atoms. The summed E-state index contributed by atoms with van der Waals surface area (Å²) >= 11 is 0. The van der Waals surface area contributed by atoms with Gasteiger partial charge in [0.1, 0.15) is 6.04 Å². The summed E-state index contributed by atoms with van der Waals surface area (Å²) < 4.78 is 76.3. The number of carboxylic acid groups (broad SMARTS) is 1. The minimum atomic E-state index is -4.54. The quantitative estimate of drug-likeness (QED) is 0.355. The maximum Gasteiger partial charge on any atom is 0.416 e. The van der Waals surface area contributed by atoms with Crippen LogP contribution in [0.3, 0.4) is 0 Å². The van der Waals surface area contributed by atoms with Gasteiger partial charge in [0.05, 0.1) is 11.1 Å². The van der Waals surface area contributed by atoms with E-state index in [1.54, 1.807) is 24.3 Å². The van der Waals surface area contributed by atoms with Crippen molar-refractivity contribution in [2.45, 2.75) is 24.8 Å². The lowest BCUT2D eigenvalue weighted by atomic mass is 9.99. The SMILES string of the molecule is O=C(O)N[C@H](Cc1ccc(-c2ccc(C(F)(F)F)cc2)cc1)C(=O)Nc1ccc(C(F)(F)F)cc1. The minimum Gasteiger partial charge on any atom is -0.465 e. The number of alkyl halides is 6. The molecule has 3 N–H and O–H groups in total. The zero-order valence-corrected chi connectivity index (χ0v) is 17.7. The van der Waals surface area contributed by atoms with E-state index in [1.807, 2.05) is 0 Å². The van der Waals surface area contributed by atoms with Gasteiger partial charge in [0.2, 0.25) is 5.91 Å². The second-order valence-electron chi connectivity index (χ2n) is 7.54. The van der Waals surface area contributed by atoms with Gasteiger partial charge < -0.3 is 15.7 Å². The highest BCUT2D eigenvalue weighted by molar-refractivity contribution is 5.96. The first-order chi connectivity index (χ1) is 16.3. The fourth-order valence-electron chi connectivity index (χ4n) is 3.25. The van der Waals surface area contributed by atoms with Crippen LogP contribution < -0.4 is 10.6 Å². The van der Waals surface area contributed by atoms with Crippen LogP contribution in [0.4, 0.5) is 36.8 Å². The third-order valence-electron chi connectivity index (χ3n) is 5.03. The maximum atomic E-state index is 12.7. The molecular formula is C24H18F6N2O3. The first kappa shape index (κ1) is 25.6. The number of amides is 2. The number of halogens is 6. The number of hydrogen-bond donors (Lipinski definition) is 3. The lowest BCUT2D eigenvalue weighted by Crippen LogP contribution is -2.44. The Hall–Kier alpha value is -4.02. The predicted molar refractivity (Wildman–Crippen MR) is 116 cm³/mol. The van der Waals surface area contributed by atoms with Crippen LogP contribution in [0.1, 0.15) is 16.7 Å². The van der Waals surface area contributed by atoms with Gasteiger partial charge >= 0.3 is 18.4 Å². The summed E-state index contributed by atoms with van der Waals surface area (Å²) in [7, 11) is 0. The molecule has 0 aliphatic heterocycles. The number of hydrogen-bond acceptors (Lipinski definition) is 2. The molecule has 0 aliphatic rings. The van der Waals surface area contributed by atoms with E-state index in [0.29, 0.717) is 16.7 Å². The first-order valence-corrected chi connectivity index (χ1v) is 10.1. The van der Waals surface area contributed by atoms with Crippen LogP contribution in [0.2, 0.25) is 0 Å². The summed E-state index contributed by atoms with van der Waals surface area (Å²) in [5.41, 5.74) is 0.0624. The van der Waals surface area contributed by atoms with Gasteiger partial charge in [-0.2, -0.15) is 26.3 Å². The molecule has 3 rings (SSSR count). The molecule has 35 heavy (non-hydrogen) atoms. The highest BCUT2D eigenvalue weighted by atomic mass is 19.4. The van der Waals surface area contributed by atoms with E-state index in [4.69, 9.17) is 5.11 Å². The highest BCUT2D eigenvalue weighted by Crippen LogP contribution is 2.31. The number of benzene rings is 3. The molecule has 0 aromatic heterocycles. The second-order valence-corrected chi connectivity index (χ2v) is 7.54. The van der Waals surface area contributed by atoms with Gasteiger partial charge in [0, 0.05) is 12.1 Å². The average molecular weight is 496 g/mol. The molecule has 1 atom stereocenters. The molecular weight excluding hydrogens is 478 g/mol. The van der Waals surface area contributed by atoms with E-state index in [9.17, 15) is 35.9 Å². The van der Waals surface area contributed by atoms with Crippen molar-refractivity contribution >= 4 is 17.7 Å². The molecule has 2 amide bonds. The predicted octanol–water partition coefficient (Wildman–Crippen LogP) is 6.21. The molecule has 11 heteroatoms. The van der Waals surface area contributed by atoms with Gasteiger partial charge in [0.15, 0.2) is 0 Å². The zero-order chi connectivity index (χ0) is 25.8. The Morgan fingerprint density at radius 2 is 1.14 bits per heavy atom. The van der Waals surface area contributed by atoms with Crippen molar-refractivity contribution in [1.29, 1.82) is 0 Å². The lowest BCUT2D eigenvalue weighted by Gasteiger charge is -2.17. The molecule has 0 spiro atoms. The topological polar surface area (TPSA) is 78.4 Å². The molecule has 0 fully saturated rings. The number of carbonyl (C=O) groups is 2. The largest absolute Gasteiger partial charge is 0.465 e. The average Bonchev–Trinajstić information content (AvgIpc) is 2.78. The Labute approximate surface area is 195 Å². The van der Waals surface area contributed by atoms with E-state index in [-0.39, 0.29) is 12.1 Å². The maximum absolute atomic E-state index is 12.7. The highest BCUT2D eigenvalue weighted by Gasteiger charge is 2.31. The molecule has 3 aromatic rings. The molecule has 3 aromatic carbocycles. The lowest BCUT2D eigenvalue weighted by molar-refractivity contribution is -0.138. The molecule has 0 heterocycles. The van der Waals surface area contributed by atoms with Crippen molar-refractivity contribution < 1.29 is 41.0 Å². The first-order valence-electron chi connectivity index (χ1n) is 10.1. The Morgan fingerprint density at radius 1 is 0.714 bits per heavy atom. The number of carbonyl (C=O) groups excluding carboxylic acids is 1. The van der Waals surface area contributed by atoms with Gasteiger partial charge in [-0.25, -0.2) is 4.79 Å². The number of rotatable bonds is 6. The van der Waals surface area contributed by atoms with E-state index >= 15 is 0 Å². The summed E-state index contributed by atoms with van der Waals surface area (Å²) in [4.78, 5) is 23.7. The van der Waals surface area contributed by atoms with Crippen molar-refractivity contribution in [2.24, 2.45) is 0 Å². The van der Waals surface area contributed by atoms with Gasteiger partial charge in [-0.1, -0.05) is 36.4 Å². The van der Waals surface area contributed by atoms with Gasteiger partial charge in [-0.3, -0.25) is 4.79 Å². The molecule has 0 unspecified atom stereocenters. The fraction of sp³-hybridized carbons (Fsp3) is 0.167. The Bertz CT molecular complexity index is 1170. The standard InChI is InChI=1S/C24H18F6N2O3/c25-23(26,27)17-7-5-16(6-8-17)15-3-1-14(2-4-15)13-20(32-22(34)35)21(33)31-19-11-9-18(10-12-19)24(28,29)30/h1-12,20,32H,13H2,(H,31,33)(H,34,35)/t20-/m1/s1. The van der Waals surface area contributed by atoms with Crippen LogP contribution in [0.25, 0.3) is 11.1 Å². The Balaban J connectivity index is 1.71. The van der Waals surface area contributed by atoms with Crippen molar-refractivity contribution in [1.82, 2.24) is 5.32 Å². The summed E-state index contributed by atoms with van der Waals surface area (Å²) in [6, 6.07) is 13.4. The van der Waals surface area contributed by atoms with E-state index in [1.165, 1.54) is 12.1 Å². The summed E-state index contributed by atoms with van der Waals surface area (Å²) in [5.74, 6) is -0.779. The monoisotopic (exact) mass is 496 g/mol. The van der Waals surface area contributed by atoms with Crippen LogP contribution >= 0.6 is 0 Å². The Morgan fingerprint density at radius 3 is 1.57 bits per heavy atom. The molecule has 184 valence electrons. The third kappa shape index (κ3) is 6.98. The van der Waals surface area contributed by atoms with E-state index in [2.05, 4.69) is 10.6 Å². The molecule has 0 saturated carbocycles. The third-order valence-corrected chi connectivity index (χ3v) is 5.03. The fourth-order valence-corrected chi connectivity index (χ4v) is 3.25. The second kappa shape index (κ2) is 10.1. The van der Waals surface area contributed by atoms with Gasteiger partial charge in [-0.15, -0.1) is 0 Å². The molecule has 5 nitrogen and oxygen atoms in total. The smallest absolute Gasteiger partial charge is 0.416 e. The van der Waals surface area contributed by atoms with Crippen LogP contribution in [0, 0.1) is 0 Å². The number of anilines is 1. The van der Waals surface area contributed by atoms with Crippen LogP contribution in [-0.4, -0.2) is 23.1 Å². The van der Waals surface area contributed by atoms with Crippen LogP contribution in [0.5, 0.6) is 0 Å². The minimum absolute atomic E-state index is 0.0536. The van der Waals surface area contributed by atoms with Gasteiger partial charge in [0.25, 0.3) is 0 Å². The van der Waals surface area contributed by atoms with Crippen molar-refractivity contribution in [3.05, 3.63) is 89.5 Å². The van der Waals surface area contributed by atoms with Crippen molar-refractivity contribution in [3.8, 4) is 11.1 Å². The molecule has 0 radical (unpaired) electrons. The summed E-state index contributed by atoms with van der Waals surface area (Å²) in [6.45, 7) is 0. The Kier molecular flexibility index (Phi) is 7.37. The van der Waals surface area contributed by atoms with E-state index < -0.39 is 41.5 Å². The van der Waals surface area contributed by atoms with Gasteiger partial charge in [-0.05, 0) is 53.1 Å². The normalized spacial score (nSPS) is 12.6. The van der Waals surface area contributed by atoms with Crippen LogP contribution in [0.15, 0.2) is 72.8 Å². The van der Waals surface area contributed by atoms with Crippen molar-refractivity contribution in [2.75, 3.05) is 5.32 Å². The van der Waals surface area contributed by atoms with Crippen LogP contribution in [-0.2, 0) is 23.6 Å². The molecule has 0 aliphatic carbocycles. The zero-order valence-electron chi connectivity index (χ0n) is 17.7. The van der Waals surface area contributed by atoms with Crippen molar-refractivity contribution in [3.63, 3.8) is 0 Å². The number of nitrogens with one attached hydrogen (secondary N) is 2. The van der Waals surface area contributed by atoms with E-state index in [0.717, 1.165) is 36.4 Å². The summed E-state index contributed by atoms with van der Waals surface area (Å²) in [5, 5.41) is 13.5. The molecule has 0 saturated heterocycles. The summed E-state index contributed by atoms with van der Waals surface area (Å²) in [6.07, 6.45) is -10.5.